The van der Waals surface area contributed by atoms with Gasteiger partial charge in [-0.05, 0) is 77.2 Å². The van der Waals surface area contributed by atoms with Gasteiger partial charge in [-0.1, -0.05) is 39.8 Å². The van der Waals surface area contributed by atoms with E-state index in [2.05, 4.69) is 57.0 Å². The van der Waals surface area contributed by atoms with Gasteiger partial charge in [0.2, 0.25) is 0 Å². The molecule has 0 aliphatic carbocycles. The first-order chi connectivity index (χ1) is 9.65. The number of hydrogen-bond donors (Lipinski definition) is 1. The molecule has 0 aromatic rings. The molecule has 0 heterocycles. The molecular formula is C18H38N2. The summed E-state index contributed by atoms with van der Waals surface area (Å²) in [7, 11) is 0. The molecule has 20 heavy (non-hydrogen) atoms. The summed E-state index contributed by atoms with van der Waals surface area (Å²) in [5.74, 6) is 1.40. The second-order valence-electron chi connectivity index (χ2n) is 6.12. The highest BCUT2D eigenvalue weighted by atomic mass is 15.1. The van der Waals surface area contributed by atoms with Crippen LogP contribution in [0.25, 0.3) is 0 Å². The molecule has 0 aliphatic heterocycles. The quantitative estimate of drug-likeness (QED) is 0.399. The molecule has 0 aromatic heterocycles. The zero-order chi connectivity index (χ0) is 15.2. The van der Waals surface area contributed by atoms with Crippen molar-refractivity contribution in [1.82, 2.24) is 10.2 Å². The molecule has 120 valence electrons. The highest BCUT2D eigenvalue weighted by molar-refractivity contribution is 4.86. The Bertz CT molecular complexity index is 219. The molecular weight excluding hydrogens is 244 g/mol. The fourth-order valence-electron chi connectivity index (χ4n) is 2.56. The van der Waals surface area contributed by atoms with Gasteiger partial charge >= 0.3 is 0 Å². The largest absolute Gasteiger partial charge is 0.316 e. The minimum Gasteiger partial charge on any atom is -0.316 e. The molecule has 2 atom stereocenters. The summed E-state index contributed by atoms with van der Waals surface area (Å²) in [4.78, 5) is 2.61. The lowest BCUT2D eigenvalue weighted by Gasteiger charge is -2.21. The summed E-state index contributed by atoms with van der Waals surface area (Å²) in [6.45, 7) is 17.4. The van der Waals surface area contributed by atoms with E-state index in [1.54, 1.807) is 0 Å². The first kappa shape index (κ1) is 19.7. The summed E-state index contributed by atoms with van der Waals surface area (Å²) in [5.41, 5.74) is 0. The number of nitrogens with zero attached hydrogens (tertiary/aromatic N) is 1. The van der Waals surface area contributed by atoms with Gasteiger partial charge in [-0.25, -0.2) is 0 Å². The average Bonchev–Trinajstić information content (AvgIpc) is 2.43. The van der Waals surface area contributed by atoms with E-state index in [0.717, 1.165) is 12.5 Å². The molecule has 0 amide bonds. The van der Waals surface area contributed by atoms with E-state index in [1.807, 2.05) is 0 Å². The minimum atomic E-state index is 0.678. The van der Waals surface area contributed by atoms with Gasteiger partial charge in [0.15, 0.2) is 0 Å². The molecule has 2 nitrogen and oxygen atoms in total. The van der Waals surface area contributed by atoms with E-state index in [-0.39, 0.29) is 0 Å². The topological polar surface area (TPSA) is 15.3 Å². The summed E-state index contributed by atoms with van der Waals surface area (Å²) < 4.78 is 0. The van der Waals surface area contributed by atoms with Crippen LogP contribution in [0.5, 0.6) is 0 Å². The number of nitrogens with one attached hydrogen (secondary N) is 1. The fourth-order valence-corrected chi connectivity index (χ4v) is 2.56. The van der Waals surface area contributed by atoms with Crippen molar-refractivity contribution in [1.29, 1.82) is 0 Å². The third-order valence-electron chi connectivity index (χ3n) is 4.02. The SMILES string of the molecule is C/C=C\C(C)[C@H](C)CNCCCCN(CCC)CCC. The molecule has 0 aromatic carbocycles. The van der Waals surface area contributed by atoms with Crippen LogP contribution in [0.15, 0.2) is 12.2 Å². The molecule has 0 saturated carbocycles. The average molecular weight is 283 g/mol. The molecule has 0 spiro atoms. The molecule has 0 aliphatic rings. The molecule has 0 radical (unpaired) electrons. The molecule has 0 saturated heterocycles. The molecule has 2 heteroatoms. The van der Waals surface area contributed by atoms with Gasteiger partial charge in [-0.2, -0.15) is 0 Å². The van der Waals surface area contributed by atoms with Gasteiger partial charge in [0, 0.05) is 0 Å². The van der Waals surface area contributed by atoms with Crippen LogP contribution < -0.4 is 5.32 Å². The Kier molecular flexibility index (Phi) is 13.4. The van der Waals surface area contributed by atoms with Gasteiger partial charge in [-0.15, -0.1) is 0 Å². The Balaban J connectivity index is 3.56. The van der Waals surface area contributed by atoms with Crippen LogP contribution in [0.2, 0.25) is 0 Å². The van der Waals surface area contributed by atoms with E-state index < -0.39 is 0 Å². The van der Waals surface area contributed by atoms with Crippen LogP contribution in [-0.2, 0) is 0 Å². The second kappa shape index (κ2) is 13.6. The first-order valence-corrected chi connectivity index (χ1v) is 8.71. The second-order valence-corrected chi connectivity index (χ2v) is 6.12. The van der Waals surface area contributed by atoms with Crippen molar-refractivity contribution >= 4 is 0 Å². The van der Waals surface area contributed by atoms with E-state index >= 15 is 0 Å². The Morgan fingerprint density at radius 2 is 1.65 bits per heavy atom. The highest BCUT2D eigenvalue weighted by Crippen LogP contribution is 2.11. The van der Waals surface area contributed by atoms with Crippen molar-refractivity contribution in [3.63, 3.8) is 0 Å². The molecule has 0 bridgehead atoms. The highest BCUT2D eigenvalue weighted by Gasteiger charge is 2.08. The van der Waals surface area contributed by atoms with Crippen LogP contribution >= 0.6 is 0 Å². The summed E-state index contributed by atoms with van der Waals surface area (Å²) >= 11 is 0. The summed E-state index contributed by atoms with van der Waals surface area (Å²) in [6, 6.07) is 0. The van der Waals surface area contributed by atoms with Crippen molar-refractivity contribution in [3.05, 3.63) is 12.2 Å². The zero-order valence-corrected chi connectivity index (χ0v) is 14.6. The van der Waals surface area contributed by atoms with Crippen molar-refractivity contribution < 1.29 is 0 Å². The smallest absolute Gasteiger partial charge is 0.00176 e. The van der Waals surface area contributed by atoms with Crippen molar-refractivity contribution in [3.8, 4) is 0 Å². The molecule has 0 fully saturated rings. The Morgan fingerprint density at radius 3 is 2.20 bits per heavy atom. The van der Waals surface area contributed by atoms with Crippen LogP contribution in [0.1, 0.15) is 60.3 Å². The van der Waals surface area contributed by atoms with E-state index in [1.165, 1.54) is 51.9 Å². The standard InChI is InChI=1S/C18H38N2/c1-6-11-17(4)18(5)16-19-12-9-10-15-20(13-7-2)14-8-3/h6,11,17-19H,7-10,12-16H2,1-5H3/b11-6-/t17?,18-/m1/s1. The lowest BCUT2D eigenvalue weighted by molar-refractivity contribution is 0.268. The summed E-state index contributed by atoms with van der Waals surface area (Å²) in [5, 5.41) is 3.61. The third kappa shape index (κ3) is 10.4. The monoisotopic (exact) mass is 282 g/mol. The number of rotatable bonds is 13. The van der Waals surface area contributed by atoms with Gasteiger partial charge < -0.3 is 10.2 Å². The van der Waals surface area contributed by atoms with Crippen molar-refractivity contribution in [2.24, 2.45) is 11.8 Å². The maximum atomic E-state index is 3.61. The van der Waals surface area contributed by atoms with E-state index in [0.29, 0.717) is 5.92 Å². The van der Waals surface area contributed by atoms with Crippen LogP contribution in [0.3, 0.4) is 0 Å². The zero-order valence-electron chi connectivity index (χ0n) is 14.6. The van der Waals surface area contributed by atoms with Gasteiger partial charge in [0.1, 0.15) is 0 Å². The Hall–Kier alpha value is -0.340. The van der Waals surface area contributed by atoms with Gasteiger partial charge in [0.05, 0.1) is 0 Å². The number of hydrogen-bond acceptors (Lipinski definition) is 2. The Morgan fingerprint density at radius 1 is 1.00 bits per heavy atom. The van der Waals surface area contributed by atoms with Crippen molar-refractivity contribution in [2.75, 3.05) is 32.7 Å². The van der Waals surface area contributed by atoms with Gasteiger partial charge in [0.25, 0.3) is 0 Å². The van der Waals surface area contributed by atoms with Gasteiger partial charge in [-0.3, -0.25) is 0 Å². The number of unbranched alkanes of at least 4 members (excludes halogenated alkanes) is 1. The molecule has 1 N–H and O–H groups in total. The normalized spacial score (nSPS) is 15.1. The predicted molar refractivity (Wildman–Crippen MR) is 92.3 cm³/mol. The predicted octanol–water partition coefficient (Wildman–Crippen LogP) is 4.33. The van der Waals surface area contributed by atoms with Crippen molar-refractivity contribution in [2.45, 2.75) is 60.3 Å². The van der Waals surface area contributed by atoms with Crippen LogP contribution in [-0.4, -0.2) is 37.6 Å². The van der Waals surface area contributed by atoms with Crippen LogP contribution in [0.4, 0.5) is 0 Å². The molecule has 0 rings (SSSR count). The third-order valence-corrected chi connectivity index (χ3v) is 4.02. The number of allylic oxidation sites excluding steroid dienone is 2. The lowest BCUT2D eigenvalue weighted by Crippen LogP contribution is -2.28. The van der Waals surface area contributed by atoms with E-state index in [9.17, 15) is 0 Å². The maximum absolute atomic E-state index is 3.61. The first-order valence-electron chi connectivity index (χ1n) is 8.71. The lowest BCUT2D eigenvalue weighted by atomic mass is 9.95. The summed E-state index contributed by atoms with van der Waals surface area (Å²) in [6.07, 6.45) is 9.65. The van der Waals surface area contributed by atoms with Crippen LogP contribution in [0, 0.1) is 11.8 Å². The Labute approximate surface area is 128 Å². The maximum Gasteiger partial charge on any atom is -0.00176 e. The fraction of sp³-hybridized carbons (Fsp3) is 0.889. The van der Waals surface area contributed by atoms with E-state index in [4.69, 9.17) is 0 Å². The molecule has 1 unspecified atom stereocenters. The minimum absolute atomic E-state index is 0.678.